The van der Waals surface area contributed by atoms with Crippen LogP contribution in [0.1, 0.15) is 23.1 Å². The second-order valence-electron chi connectivity index (χ2n) is 4.63. The molecule has 0 amide bonds. The van der Waals surface area contributed by atoms with Gasteiger partial charge in [-0.2, -0.15) is 0 Å². The second kappa shape index (κ2) is 4.35. The lowest BCUT2D eigenvalue weighted by atomic mass is 9.96. The maximum absolute atomic E-state index is 11.9. The SMILES string of the molecule is CC(=O)c1ccc2[nH]c(C)nc2c1-c1ccccc1. The van der Waals surface area contributed by atoms with Crippen LogP contribution in [-0.2, 0) is 0 Å². The molecule has 0 aliphatic heterocycles. The molecule has 0 bridgehead atoms. The van der Waals surface area contributed by atoms with E-state index in [9.17, 15) is 4.79 Å². The number of nitrogens with one attached hydrogen (secondary N) is 1. The zero-order chi connectivity index (χ0) is 13.4. The lowest BCUT2D eigenvalue weighted by Crippen LogP contribution is -1.97. The van der Waals surface area contributed by atoms with Crippen molar-refractivity contribution in [3.63, 3.8) is 0 Å². The van der Waals surface area contributed by atoms with Gasteiger partial charge in [-0.05, 0) is 31.5 Å². The third-order valence-electron chi connectivity index (χ3n) is 3.21. The Hall–Kier alpha value is -2.42. The molecule has 0 saturated carbocycles. The minimum atomic E-state index is 0.0569. The molecule has 94 valence electrons. The Balaban J connectivity index is 2.41. The summed E-state index contributed by atoms with van der Waals surface area (Å²) in [6.45, 7) is 3.51. The van der Waals surface area contributed by atoms with Crippen molar-refractivity contribution in [3.8, 4) is 11.1 Å². The molecule has 1 N–H and O–H groups in total. The number of ketones is 1. The Morgan fingerprint density at radius 2 is 1.84 bits per heavy atom. The van der Waals surface area contributed by atoms with Gasteiger partial charge in [-0.25, -0.2) is 4.98 Å². The first-order valence-corrected chi connectivity index (χ1v) is 6.22. The van der Waals surface area contributed by atoms with Crippen molar-refractivity contribution in [2.45, 2.75) is 13.8 Å². The number of hydrogen-bond donors (Lipinski definition) is 1. The first kappa shape index (κ1) is 11.7. The number of Topliss-reactive ketones (excluding diaryl/α,β-unsaturated/α-hetero) is 1. The molecule has 0 atom stereocenters. The number of rotatable bonds is 2. The van der Waals surface area contributed by atoms with E-state index in [-0.39, 0.29) is 5.78 Å². The summed E-state index contributed by atoms with van der Waals surface area (Å²) in [5, 5.41) is 0. The highest BCUT2D eigenvalue weighted by Gasteiger charge is 2.15. The lowest BCUT2D eigenvalue weighted by Gasteiger charge is -2.08. The maximum Gasteiger partial charge on any atom is 0.160 e. The highest BCUT2D eigenvalue weighted by atomic mass is 16.1. The van der Waals surface area contributed by atoms with Crippen LogP contribution in [0, 0.1) is 6.92 Å². The van der Waals surface area contributed by atoms with Gasteiger partial charge in [-0.1, -0.05) is 30.3 Å². The van der Waals surface area contributed by atoms with Gasteiger partial charge in [-0.15, -0.1) is 0 Å². The molecular formula is C16H14N2O. The zero-order valence-electron chi connectivity index (χ0n) is 10.9. The van der Waals surface area contributed by atoms with Crippen LogP contribution in [0.25, 0.3) is 22.2 Å². The first-order valence-electron chi connectivity index (χ1n) is 6.22. The van der Waals surface area contributed by atoms with Crippen molar-refractivity contribution >= 4 is 16.8 Å². The summed E-state index contributed by atoms with van der Waals surface area (Å²) in [4.78, 5) is 19.6. The third-order valence-corrected chi connectivity index (χ3v) is 3.21. The third kappa shape index (κ3) is 1.93. The van der Waals surface area contributed by atoms with Gasteiger partial charge >= 0.3 is 0 Å². The van der Waals surface area contributed by atoms with E-state index in [0.29, 0.717) is 5.56 Å². The zero-order valence-corrected chi connectivity index (χ0v) is 10.9. The highest BCUT2D eigenvalue weighted by molar-refractivity contribution is 6.08. The van der Waals surface area contributed by atoms with Crippen LogP contribution in [0.5, 0.6) is 0 Å². The van der Waals surface area contributed by atoms with E-state index in [1.54, 1.807) is 6.92 Å². The van der Waals surface area contributed by atoms with E-state index in [0.717, 1.165) is 28.0 Å². The summed E-state index contributed by atoms with van der Waals surface area (Å²) < 4.78 is 0. The summed E-state index contributed by atoms with van der Waals surface area (Å²) in [5.74, 6) is 0.911. The Labute approximate surface area is 111 Å². The number of carbonyl (C=O) groups is 1. The first-order chi connectivity index (χ1) is 9.16. The Kier molecular flexibility index (Phi) is 2.67. The Bertz CT molecular complexity index is 757. The predicted octanol–water partition coefficient (Wildman–Crippen LogP) is 3.74. The van der Waals surface area contributed by atoms with Gasteiger partial charge in [0.05, 0.1) is 11.0 Å². The van der Waals surface area contributed by atoms with E-state index in [1.165, 1.54) is 0 Å². The topological polar surface area (TPSA) is 45.8 Å². The fraction of sp³-hybridized carbons (Fsp3) is 0.125. The number of aromatic nitrogens is 2. The van der Waals surface area contributed by atoms with Gasteiger partial charge < -0.3 is 4.98 Å². The standard InChI is InChI=1S/C16H14N2O/c1-10(19)13-8-9-14-16(18-11(2)17-14)15(13)12-6-4-3-5-7-12/h3-9H,1-2H3,(H,17,18). The molecule has 0 aliphatic rings. The fourth-order valence-electron chi connectivity index (χ4n) is 2.39. The number of hydrogen-bond acceptors (Lipinski definition) is 2. The largest absolute Gasteiger partial charge is 0.342 e. The van der Waals surface area contributed by atoms with Crippen LogP contribution < -0.4 is 0 Å². The van der Waals surface area contributed by atoms with Crippen molar-refractivity contribution in [1.29, 1.82) is 0 Å². The number of carbonyl (C=O) groups excluding carboxylic acids is 1. The highest BCUT2D eigenvalue weighted by Crippen LogP contribution is 2.31. The van der Waals surface area contributed by atoms with Gasteiger partial charge in [-0.3, -0.25) is 4.79 Å². The van der Waals surface area contributed by atoms with Gasteiger partial charge in [0.15, 0.2) is 5.78 Å². The van der Waals surface area contributed by atoms with Crippen LogP contribution >= 0.6 is 0 Å². The summed E-state index contributed by atoms with van der Waals surface area (Å²) >= 11 is 0. The van der Waals surface area contributed by atoms with Crippen LogP contribution in [0.4, 0.5) is 0 Å². The number of aromatic amines is 1. The number of aryl methyl sites for hydroxylation is 1. The van der Waals surface area contributed by atoms with Gasteiger partial charge in [0, 0.05) is 11.1 Å². The number of nitrogens with zero attached hydrogens (tertiary/aromatic N) is 1. The Morgan fingerprint density at radius 1 is 1.11 bits per heavy atom. The minimum absolute atomic E-state index is 0.0569. The van der Waals surface area contributed by atoms with Gasteiger partial charge in [0.2, 0.25) is 0 Å². The van der Waals surface area contributed by atoms with E-state index >= 15 is 0 Å². The fourth-order valence-corrected chi connectivity index (χ4v) is 2.39. The molecule has 2 aromatic carbocycles. The number of H-pyrrole nitrogens is 1. The molecule has 3 aromatic rings. The van der Waals surface area contributed by atoms with Crippen LogP contribution in [0.3, 0.4) is 0 Å². The number of fused-ring (bicyclic) bond motifs is 1. The molecular weight excluding hydrogens is 236 g/mol. The average molecular weight is 250 g/mol. The monoisotopic (exact) mass is 250 g/mol. The summed E-state index contributed by atoms with van der Waals surface area (Å²) in [6.07, 6.45) is 0. The lowest BCUT2D eigenvalue weighted by molar-refractivity contribution is 0.101. The number of imidazole rings is 1. The normalized spacial score (nSPS) is 10.8. The molecule has 3 heteroatoms. The summed E-state index contributed by atoms with van der Waals surface area (Å²) in [6, 6.07) is 13.7. The summed E-state index contributed by atoms with van der Waals surface area (Å²) in [7, 11) is 0. The molecule has 19 heavy (non-hydrogen) atoms. The van der Waals surface area contributed by atoms with Gasteiger partial charge in [0.25, 0.3) is 0 Å². The molecule has 0 unspecified atom stereocenters. The molecule has 1 heterocycles. The maximum atomic E-state index is 11.9. The van der Waals surface area contributed by atoms with E-state index in [4.69, 9.17) is 0 Å². The molecule has 0 saturated heterocycles. The smallest absolute Gasteiger partial charge is 0.160 e. The second-order valence-corrected chi connectivity index (χ2v) is 4.63. The molecule has 0 spiro atoms. The van der Waals surface area contributed by atoms with Crippen LogP contribution in [-0.4, -0.2) is 15.8 Å². The Morgan fingerprint density at radius 3 is 2.53 bits per heavy atom. The van der Waals surface area contributed by atoms with Gasteiger partial charge in [0.1, 0.15) is 5.82 Å². The van der Waals surface area contributed by atoms with E-state index in [2.05, 4.69) is 9.97 Å². The quantitative estimate of drug-likeness (QED) is 0.704. The molecule has 3 rings (SSSR count). The van der Waals surface area contributed by atoms with Crippen molar-refractivity contribution in [2.75, 3.05) is 0 Å². The van der Waals surface area contributed by atoms with Crippen LogP contribution in [0.15, 0.2) is 42.5 Å². The molecule has 3 nitrogen and oxygen atoms in total. The average Bonchev–Trinajstić information content (AvgIpc) is 2.78. The van der Waals surface area contributed by atoms with E-state index < -0.39 is 0 Å². The molecule has 1 aromatic heterocycles. The van der Waals surface area contributed by atoms with Crippen molar-refractivity contribution in [3.05, 3.63) is 53.9 Å². The van der Waals surface area contributed by atoms with Crippen LogP contribution in [0.2, 0.25) is 0 Å². The summed E-state index contributed by atoms with van der Waals surface area (Å²) in [5.41, 5.74) is 4.46. The van der Waals surface area contributed by atoms with Crippen molar-refractivity contribution < 1.29 is 4.79 Å². The molecule has 0 fully saturated rings. The van der Waals surface area contributed by atoms with E-state index in [1.807, 2.05) is 49.4 Å². The van der Waals surface area contributed by atoms with Crippen molar-refractivity contribution in [1.82, 2.24) is 9.97 Å². The number of benzene rings is 2. The minimum Gasteiger partial charge on any atom is -0.342 e. The molecule has 0 aliphatic carbocycles. The molecule has 0 radical (unpaired) electrons. The van der Waals surface area contributed by atoms with Crippen molar-refractivity contribution in [2.24, 2.45) is 0 Å². The predicted molar refractivity (Wildman–Crippen MR) is 76.3 cm³/mol.